The van der Waals surface area contributed by atoms with E-state index in [9.17, 15) is 33.0 Å². The Kier molecular flexibility index (Phi) is 13.7. The Bertz CT molecular complexity index is 1710. The molecule has 1 aliphatic rings. The van der Waals surface area contributed by atoms with Gasteiger partial charge < -0.3 is 30.5 Å². The molecule has 0 aromatic heterocycles. The molecule has 1 aliphatic heterocycles. The number of ether oxygens (including phenoxy) is 1. The molecule has 0 bridgehead atoms. The largest absolute Gasteiger partial charge is 0.483 e. The van der Waals surface area contributed by atoms with Gasteiger partial charge in [-0.1, -0.05) is 88.1 Å². The molecule has 3 aromatic rings. The molecule has 0 spiro atoms. The molecule has 0 fully saturated rings. The van der Waals surface area contributed by atoms with Crippen LogP contribution in [0.25, 0.3) is 0 Å². The number of unbranched alkanes of at least 4 members (excludes halogenated alkanes) is 2. The summed E-state index contributed by atoms with van der Waals surface area (Å²) in [6.07, 6.45) is 7.14. The van der Waals surface area contributed by atoms with Gasteiger partial charge in [-0.05, 0) is 42.9 Å². The molecule has 2 atom stereocenters. The van der Waals surface area contributed by atoms with Gasteiger partial charge in [-0.3, -0.25) is 9.59 Å². The lowest BCUT2D eigenvalue weighted by atomic mass is 9.79. The summed E-state index contributed by atoms with van der Waals surface area (Å²) in [6, 6.07) is 18.5. The van der Waals surface area contributed by atoms with Crippen LogP contribution in [-0.2, 0) is 24.2 Å². The predicted molar refractivity (Wildman–Crippen MR) is 195 cm³/mol. The maximum absolute atomic E-state index is 14.4. The second kappa shape index (κ2) is 17.7. The van der Waals surface area contributed by atoms with Gasteiger partial charge in [-0.2, -0.15) is 0 Å². The Labute approximate surface area is 298 Å². The van der Waals surface area contributed by atoms with Crippen molar-refractivity contribution in [3.63, 3.8) is 0 Å². The number of amides is 2. The number of aliphatic carboxylic acids is 1. The van der Waals surface area contributed by atoms with E-state index in [0.717, 1.165) is 44.2 Å². The topological polar surface area (TPSA) is 162 Å². The minimum absolute atomic E-state index is 0.00603. The van der Waals surface area contributed by atoms with Crippen LogP contribution in [0.1, 0.15) is 64.0 Å². The first kappa shape index (κ1) is 38.7. The van der Waals surface area contributed by atoms with E-state index in [-0.39, 0.29) is 16.4 Å². The van der Waals surface area contributed by atoms with Gasteiger partial charge >= 0.3 is 5.97 Å². The summed E-state index contributed by atoms with van der Waals surface area (Å²) in [4.78, 5) is 40.7. The highest BCUT2D eigenvalue weighted by Crippen LogP contribution is 2.47. The quantitative estimate of drug-likeness (QED) is 0.131. The van der Waals surface area contributed by atoms with Crippen LogP contribution in [0.15, 0.2) is 82.6 Å². The minimum atomic E-state index is -3.81. The molecule has 0 unspecified atom stereocenters. The van der Waals surface area contributed by atoms with Crippen molar-refractivity contribution < 1.29 is 37.8 Å². The molecule has 13 heteroatoms. The molecule has 0 saturated carbocycles. The highest BCUT2D eigenvalue weighted by molar-refractivity contribution is 7.98. The first-order valence-corrected chi connectivity index (χ1v) is 19.7. The van der Waals surface area contributed by atoms with Crippen molar-refractivity contribution in [2.45, 2.75) is 74.2 Å². The number of carbonyl (C=O) groups is 3. The third-order valence-corrected chi connectivity index (χ3v) is 11.7. The molecule has 0 aliphatic carbocycles. The van der Waals surface area contributed by atoms with E-state index in [1.165, 1.54) is 17.8 Å². The monoisotopic (exact) mass is 725 g/mol. The van der Waals surface area contributed by atoms with E-state index in [1.807, 2.05) is 42.7 Å². The molecule has 0 saturated heterocycles. The van der Waals surface area contributed by atoms with Crippen molar-refractivity contribution in [1.29, 1.82) is 0 Å². The normalized spacial score (nSPS) is 16.0. The fourth-order valence-corrected chi connectivity index (χ4v) is 8.98. The van der Waals surface area contributed by atoms with Crippen LogP contribution >= 0.6 is 11.8 Å². The van der Waals surface area contributed by atoms with Crippen molar-refractivity contribution in [2.75, 3.05) is 36.7 Å². The van der Waals surface area contributed by atoms with Crippen LogP contribution in [0.2, 0.25) is 0 Å². The van der Waals surface area contributed by atoms with Gasteiger partial charge in [0.15, 0.2) is 16.4 Å². The number of sulfone groups is 1. The first-order valence-electron chi connectivity index (χ1n) is 16.9. The van der Waals surface area contributed by atoms with Gasteiger partial charge in [0, 0.05) is 23.7 Å². The third-order valence-electron chi connectivity index (χ3n) is 8.91. The average molecular weight is 726 g/mol. The lowest BCUT2D eigenvalue weighted by Crippen LogP contribution is -2.49. The summed E-state index contributed by atoms with van der Waals surface area (Å²) in [5, 5.41) is 23.6. The molecule has 0 radical (unpaired) electrons. The van der Waals surface area contributed by atoms with Gasteiger partial charge in [0.25, 0.3) is 5.91 Å². The number of carbonyl (C=O) groups excluding carboxylic acids is 2. The van der Waals surface area contributed by atoms with Crippen molar-refractivity contribution in [3.8, 4) is 5.75 Å². The minimum Gasteiger partial charge on any atom is -0.483 e. The number of fused-ring (bicyclic) bond motifs is 1. The smallest absolute Gasteiger partial charge is 0.328 e. The number of nitrogens with one attached hydrogen (secondary N) is 2. The summed E-state index contributed by atoms with van der Waals surface area (Å²) >= 11 is 1.36. The Balaban J connectivity index is 1.68. The van der Waals surface area contributed by atoms with Crippen LogP contribution in [0.3, 0.4) is 0 Å². The van der Waals surface area contributed by atoms with Crippen molar-refractivity contribution in [1.82, 2.24) is 10.6 Å². The zero-order valence-electron chi connectivity index (χ0n) is 28.8. The molecule has 3 aromatic carbocycles. The zero-order chi connectivity index (χ0) is 36.3. The Hall–Kier alpha value is -4.07. The van der Waals surface area contributed by atoms with Gasteiger partial charge in [0.1, 0.15) is 17.8 Å². The molecule has 4 N–H and O–H groups in total. The second-order valence-electron chi connectivity index (χ2n) is 12.6. The van der Waals surface area contributed by atoms with Crippen molar-refractivity contribution in [2.24, 2.45) is 5.41 Å². The summed E-state index contributed by atoms with van der Waals surface area (Å²) in [5.74, 6) is -2.75. The lowest BCUT2D eigenvalue weighted by molar-refractivity contribution is -0.143. The molecule has 270 valence electrons. The molecule has 2 amide bonds. The van der Waals surface area contributed by atoms with E-state index in [2.05, 4.69) is 29.4 Å². The van der Waals surface area contributed by atoms with E-state index in [0.29, 0.717) is 22.7 Å². The Morgan fingerprint density at radius 3 is 2.14 bits per heavy atom. The van der Waals surface area contributed by atoms with Crippen LogP contribution in [0.4, 0.5) is 11.4 Å². The number of hydrogen-bond donors (Lipinski definition) is 4. The molecule has 50 heavy (non-hydrogen) atoms. The lowest BCUT2D eigenvalue weighted by Gasteiger charge is -2.37. The first-order chi connectivity index (χ1) is 24.0. The average Bonchev–Trinajstić information content (AvgIpc) is 3.21. The van der Waals surface area contributed by atoms with Crippen LogP contribution in [0, 0.1) is 5.41 Å². The summed E-state index contributed by atoms with van der Waals surface area (Å²) < 4.78 is 34.7. The van der Waals surface area contributed by atoms with E-state index < -0.39 is 58.3 Å². The number of nitrogens with zero attached hydrogens (tertiary/aromatic N) is 1. The van der Waals surface area contributed by atoms with Crippen LogP contribution in [-0.4, -0.2) is 74.2 Å². The van der Waals surface area contributed by atoms with E-state index in [1.54, 1.807) is 30.3 Å². The number of anilines is 2. The number of benzene rings is 3. The van der Waals surface area contributed by atoms with Gasteiger partial charge in [-0.15, -0.1) is 11.8 Å². The molecule has 4 rings (SSSR count). The molecule has 1 heterocycles. The van der Waals surface area contributed by atoms with Gasteiger partial charge in [-0.25, -0.2) is 13.2 Å². The predicted octanol–water partition coefficient (Wildman–Crippen LogP) is 5.50. The van der Waals surface area contributed by atoms with Gasteiger partial charge in [0.05, 0.1) is 27.8 Å². The highest BCUT2D eigenvalue weighted by atomic mass is 32.2. The number of para-hydroxylation sites is 1. The molecule has 11 nitrogen and oxygen atoms in total. The highest BCUT2D eigenvalue weighted by Gasteiger charge is 2.42. The van der Waals surface area contributed by atoms with Crippen LogP contribution in [0.5, 0.6) is 5.75 Å². The van der Waals surface area contributed by atoms with Crippen molar-refractivity contribution in [3.05, 3.63) is 78.4 Å². The Morgan fingerprint density at radius 2 is 1.58 bits per heavy atom. The number of hydrogen-bond acceptors (Lipinski definition) is 9. The summed E-state index contributed by atoms with van der Waals surface area (Å²) in [7, 11) is -3.81. The molecular weight excluding hydrogens is 679 g/mol. The number of carboxylic acids is 1. The number of aliphatic hydroxyl groups is 1. The fraction of sp³-hybridized carbons (Fsp3) is 0.432. The maximum Gasteiger partial charge on any atom is 0.328 e. The molecular formula is C37H47N3O8S2. The van der Waals surface area contributed by atoms with Crippen LogP contribution < -0.4 is 20.3 Å². The number of thioether (sulfide) groups is 1. The SMILES string of the molecule is CCCCC1(CCCC)CN(c2ccccc2)c2cc(SC)c(OCC(=O)N[C@@H](C(=O)N[C@@H](CO)C(=O)O)c3ccccc3)cc2S(=O)(=O)C1. The number of aliphatic hydroxyl groups excluding tert-OH is 1. The van der Waals surface area contributed by atoms with E-state index >= 15 is 0 Å². The third kappa shape index (κ3) is 9.58. The fourth-order valence-electron chi connectivity index (χ4n) is 6.31. The standard InChI is InChI=1S/C37H47N3O8S2/c1-4-6-18-37(19-7-5-2)24-40(27-16-12-9-13-17-27)29-20-31(49-3)30(21-32(29)50(46,47)25-37)48-23-33(42)39-34(26-14-10-8-11-15-26)35(43)38-28(22-41)36(44)45/h8-17,20-21,28,34,41H,4-7,18-19,22-25H2,1-3H3,(H,38,43)(H,39,42)(H,44,45)/t28-,34+/m0/s1. The second-order valence-corrected chi connectivity index (χ2v) is 15.4. The zero-order valence-corrected chi connectivity index (χ0v) is 30.4. The van der Waals surface area contributed by atoms with Crippen molar-refractivity contribution >= 4 is 50.8 Å². The summed E-state index contributed by atoms with van der Waals surface area (Å²) in [6.45, 7) is 3.39. The number of rotatable bonds is 17. The van der Waals surface area contributed by atoms with E-state index in [4.69, 9.17) is 4.74 Å². The van der Waals surface area contributed by atoms with Gasteiger partial charge in [0.2, 0.25) is 5.91 Å². The number of carboxylic acid groups (broad SMARTS) is 1. The summed E-state index contributed by atoms with van der Waals surface area (Å²) in [5.41, 5.74) is 1.37. The Morgan fingerprint density at radius 1 is 0.960 bits per heavy atom. The maximum atomic E-state index is 14.4.